The molecule has 1 fully saturated rings. The van der Waals surface area contributed by atoms with Gasteiger partial charge in [-0.15, -0.1) is 0 Å². The number of amides is 3. The largest absolute Gasteiger partial charge is 0.493 e. The Hall–Kier alpha value is -2.44. The second-order valence-electron chi connectivity index (χ2n) is 6.09. The van der Waals surface area contributed by atoms with Crippen LogP contribution in [0.2, 0.25) is 0 Å². The number of nitrogens with two attached hydrogens (primary N) is 1. The molecule has 2 rings (SSSR count). The van der Waals surface area contributed by atoms with Crippen molar-refractivity contribution in [2.45, 2.75) is 44.2 Å². The Morgan fingerprint density at radius 3 is 2.33 bits per heavy atom. The van der Waals surface area contributed by atoms with Crippen molar-refractivity contribution >= 4 is 11.9 Å². The number of carbonyl (C=O) groups excluding carboxylic acids is 2. The summed E-state index contributed by atoms with van der Waals surface area (Å²) in [6.45, 7) is 1.85. The third-order valence-corrected chi connectivity index (χ3v) is 4.54. The topological polar surface area (TPSA) is 103 Å². The maximum atomic E-state index is 12.3. The van der Waals surface area contributed by atoms with Gasteiger partial charge in [-0.1, -0.05) is 18.9 Å². The second-order valence-corrected chi connectivity index (χ2v) is 6.09. The number of urea groups is 1. The van der Waals surface area contributed by atoms with Crippen LogP contribution in [-0.2, 0) is 4.79 Å². The van der Waals surface area contributed by atoms with E-state index in [0.717, 1.165) is 18.4 Å². The zero-order valence-electron chi connectivity index (χ0n) is 14.3. The highest BCUT2D eigenvalue weighted by molar-refractivity contribution is 5.90. The van der Waals surface area contributed by atoms with E-state index in [2.05, 4.69) is 10.6 Å². The van der Waals surface area contributed by atoms with Crippen molar-refractivity contribution in [1.29, 1.82) is 0 Å². The SMILES string of the molecule is COc1ccc([C@H](C)NC(=O)NC2(C(N)=O)CCCC2)cc1OC. The minimum atomic E-state index is -0.929. The fourth-order valence-corrected chi connectivity index (χ4v) is 3.07. The molecule has 0 saturated heterocycles. The lowest BCUT2D eigenvalue weighted by molar-refractivity contribution is -0.123. The van der Waals surface area contributed by atoms with E-state index in [1.165, 1.54) is 0 Å². The molecule has 0 radical (unpaired) electrons. The van der Waals surface area contributed by atoms with Gasteiger partial charge in [0, 0.05) is 0 Å². The number of rotatable bonds is 6. The molecular weight excluding hydrogens is 310 g/mol. The van der Waals surface area contributed by atoms with Crippen molar-refractivity contribution < 1.29 is 19.1 Å². The molecule has 24 heavy (non-hydrogen) atoms. The van der Waals surface area contributed by atoms with Gasteiger partial charge < -0.3 is 25.8 Å². The monoisotopic (exact) mass is 335 g/mol. The van der Waals surface area contributed by atoms with Gasteiger partial charge in [0.1, 0.15) is 5.54 Å². The first-order valence-corrected chi connectivity index (χ1v) is 8.02. The van der Waals surface area contributed by atoms with Crippen LogP contribution in [-0.4, -0.2) is 31.7 Å². The summed E-state index contributed by atoms with van der Waals surface area (Å²) in [7, 11) is 3.13. The second kappa shape index (κ2) is 7.42. The molecule has 0 spiro atoms. The van der Waals surface area contributed by atoms with Crippen molar-refractivity contribution in [2.75, 3.05) is 14.2 Å². The number of benzene rings is 1. The fraction of sp³-hybridized carbons (Fsp3) is 0.529. The smallest absolute Gasteiger partial charge is 0.316 e. The summed E-state index contributed by atoms with van der Waals surface area (Å²) < 4.78 is 10.5. The van der Waals surface area contributed by atoms with Gasteiger partial charge in [-0.2, -0.15) is 0 Å². The molecule has 7 nitrogen and oxygen atoms in total. The van der Waals surface area contributed by atoms with Gasteiger partial charge in [0.05, 0.1) is 20.3 Å². The van der Waals surface area contributed by atoms with E-state index in [1.807, 2.05) is 19.1 Å². The molecule has 0 unspecified atom stereocenters. The van der Waals surface area contributed by atoms with Crippen LogP contribution in [0.15, 0.2) is 18.2 Å². The predicted molar refractivity (Wildman–Crippen MR) is 90.0 cm³/mol. The van der Waals surface area contributed by atoms with E-state index >= 15 is 0 Å². The number of hydrogen-bond donors (Lipinski definition) is 3. The summed E-state index contributed by atoms with van der Waals surface area (Å²) in [4.78, 5) is 24.0. The normalized spacial score (nSPS) is 17.0. The Morgan fingerprint density at radius 2 is 1.79 bits per heavy atom. The predicted octanol–water partition coefficient (Wildman–Crippen LogP) is 1.86. The highest BCUT2D eigenvalue weighted by Gasteiger charge is 2.41. The van der Waals surface area contributed by atoms with Gasteiger partial charge in [0.15, 0.2) is 11.5 Å². The molecule has 1 aromatic carbocycles. The summed E-state index contributed by atoms with van der Waals surface area (Å²) in [5.74, 6) is 0.735. The lowest BCUT2D eigenvalue weighted by Crippen LogP contribution is -2.58. The average molecular weight is 335 g/mol. The zero-order valence-corrected chi connectivity index (χ0v) is 14.3. The number of primary amides is 1. The van der Waals surface area contributed by atoms with E-state index in [-0.39, 0.29) is 6.04 Å². The van der Waals surface area contributed by atoms with Crippen molar-refractivity contribution in [3.05, 3.63) is 23.8 Å². The Bertz CT molecular complexity index is 612. The quantitative estimate of drug-likeness (QED) is 0.738. The minimum absolute atomic E-state index is 0.267. The van der Waals surface area contributed by atoms with Crippen molar-refractivity contribution in [1.82, 2.24) is 10.6 Å². The van der Waals surface area contributed by atoms with Gasteiger partial charge >= 0.3 is 6.03 Å². The highest BCUT2D eigenvalue weighted by Crippen LogP contribution is 2.31. The molecule has 0 bridgehead atoms. The van der Waals surface area contributed by atoms with Crippen molar-refractivity contribution in [3.63, 3.8) is 0 Å². The molecule has 1 aromatic rings. The summed E-state index contributed by atoms with van der Waals surface area (Å²) in [6.07, 6.45) is 2.93. The maximum absolute atomic E-state index is 12.3. The van der Waals surface area contributed by atoms with E-state index in [0.29, 0.717) is 24.3 Å². The lowest BCUT2D eigenvalue weighted by Gasteiger charge is -2.27. The van der Waals surface area contributed by atoms with Crippen LogP contribution in [0.4, 0.5) is 4.79 Å². The van der Waals surface area contributed by atoms with Crippen molar-refractivity contribution in [3.8, 4) is 11.5 Å². The van der Waals surface area contributed by atoms with Gasteiger partial charge in [0.2, 0.25) is 5.91 Å². The molecule has 1 aliphatic carbocycles. The van der Waals surface area contributed by atoms with Crippen LogP contribution in [0.1, 0.15) is 44.2 Å². The molecule has 1 atom stereocenters. The summed E-state index contributed by atoms with van der Waals surface area (Å²) in [6, 6.07) is 4.77. The van der Waals surface area contributed by atoms with E-state index in [4.69, 9.17) is 15.2 Å². The van der Waals surface area contributed by atoms with Crippen LogP contribution < -0.4 is 25.8 Å². The summed E-state index contributed by atoms with van der Waals surface area (Å²) >= 11 is 0. The molecular formula is C17H25N3O4. The van der Waals surface area contributed by atoms with Crippen LogP contribution in [0.25, 0.3) is 0 Å². The van der Waals surface area contributed by atoms with E-state index < -0.39 is 17.5 Å². The van der Waals surface area contributed by atoms with Crippen molar-refractivity contribution in [2.24, 2.45) is 5.73 Å². The van der Waals surface area contributed by atoms with Gasteiger partial charge in [0.25, 0.3) is 0 Å². The molecule has 0 aromatic heterocycles. The first-order chi connectivity index (χ1) is 11.4. The average Bonchev–Trinajstić information content (AvgIpc) is 3.03. The first kappa shape index (κ1) is 17.9. The van der Waals surface area contributed by atoms with Crippen LogP contribution in [0.3, 0.4) is 0 Å². The Morgan fingerprint density at radius 1 is 1.17 bits per heavy atom. The minimum Gasteiger partial charge on any atom is -0.493 e. The fourth-order valence-electron chi connectivity index (χ4n) is 3.07. The van der Waals surface area contributed by atoms with E-state index in [1.54, 1.807) is 20.3 Å². The summed E-state index contributed by atoms with van der Waals surface area (Å²) in [5, 5.41) is 5.60. The molecule has 0 aliphatic heterocycles. The molecule has 7 heteroatoms. The molecule has 3 amide bonds. The standard InChI is InChI=1S/C17H25N3O4/c1-11(12-6-7-13(23-2)14(10-12)24-3)19-16(22)20-17(15(18)21)8-4-5-9-17/h6-7,10-11H,4-5,8-9H2,1-3H3,(H2,18,21)(H2,19,20,22)/t11-/m0/s1. The number of hydrogen-bond acceptors (Lipinski definition) is 4. The number of methoxy groups -OCH3 is 2. The molecule has 132 valence electrons. The molecule has 0 heterocycles. The first-order valence-electron chi connectivity index (χ1n) is 8.02. The molecule has 1 saturated carbocycles. The third-order valence-electron chi connectivity index (χ3n) is 4.54. The van der Waals surface area contributed by atoms with Crippen LogP contribution in [0.5, 0.6) is 11.5 Å². The van der Waals surface area contributed by atoms with Gasteiger partial charge in [-0.25, -0.2) is 4.79 Å². The third kappa shape index (κ3) is 3.72. The highest BCUT2D eigenvalue weighted by atomic mass is 16.5. The number of carbonyl (C=O) groups is 2. The summed E-state index contributed by atoms with van der Waals surface area (Å²) in [5.41, 5.74) is 5.42. The number of nitrogens with one attached hydrogen (secondary N) is 2. The Kier molecular flexibility index (Phi) is 5.54. The number of ether oxygens (including phenoxy) is 2. The Balaban J connectivity index is 2.05. The zero-order chi connectivity index (χ0) is 17.7. The molecule has 1 aliphatic rings. The maximum Gasteiger partial charge on any atom is 0.316 e. The van der Waals surface area contributed by atoms with Gasteiger partial charge in [-0.05, 0) is 37.5 Å². The van der Waals surface area contributed by atoms with Crippen LogP contribution >= 0.6 is 0 Å². The van der Waals surface area contributed by atoms with E-state index in [9.17, 15) is 9.59 Å². The Labute approximate surface area is 141 Å². The molecule has 4 N–H and O–H groups in total. The van der Waals surface area contributed by atoms with Gasteiger partial charge in [-0.3, -0.25) is 4.79 Å². The lowest BCUT2D eigenvalue weighted by atomic mass is 9.97. The van der Waals surface area contributed by atoms with Crippen LogP contribution in [0, 0.1) is 0 Å².